The summed E-state index contributed by atoms with van der Waals surface area (Å²) in [6.07, 6.45) is 1.77. The Morgan fingerprint density at radius 1 is 1.04 bits per heavy atom. The molecule has 1 N–H and O–H groups in total. The van der Waals surface area contributed by atoms with Gasteiger partial charge in [0.05, 0.1) is 12.0 Å². The maximum Gasteiger partial charge on any atom is 0.263 e. The van der Waals surface area contributed by atoms with Crippen molar-refractivity contribution < 1.29 is 14.3 Å². The quantitative estimate of drug-likeness (QED) is 0.672. The van der Waals surface area contributed by atoms with Gasteiger partial charge in [0.2, 0.25) is 0 Å². The molecule has 1 fully saturated rings. The van der Waals surface area contributed by atoms with Crippen molar-refractivity contribution in [1.82, 2.24) is 5.32 Å². The second kappa shape index (κ2) is 6.85. The molecule has 23 heavy (non-hydrogen) atoms. The minimum absolute atomic E-state index is 0.188. The van der Waals surface area contributed by atoms with Crippen molar-refractivity contribution in [2.24, 2.45) is 0 Å². The zero-order valence-electron chi connectivity index (χ0n) is 12.2. The molecule has 2 aromatic rings. The number of ether oxygens (including phenoxy) is 2. The number of carbonyl (C=O) groups is 1. The molecule has 0 atom stereocenters. The number of thiocarbonyl (C=S) groups is 1. The molecule has 0 spiro atoms. The maximum atomic E-state index is 11.8. The molecule has 0 aromatic heterocycles. The maximum absolute atomic E-state index is 11.8. The molecule has 0 bridgehead atoms. The molecular formula is C17H13NO3S2. The van der Waals surface area contributed by atoms with Crippen LogP contribution in [-0.4, -0.2) is 17.3 Å². The summed E-state index contributed by atoms with van der Waals surface area (Å²) in [5.41, 5.74) is 0.792. The second-order valence-corrected chi connectivity index (χ2v) is 6.36. The third kappa shape index (κ3) is 3.55. The number of thioether (sulfide) groups is 1. The Morgan fingerprint density at radius 2 is 1.70 bits per heavy atom. The van der Waals surface area contributed by atoms with Crippen molar-refractivity contribution in [2.75, 3.05) is 7.11 Å². The van der Waals surface area contributed by atoms with Crippen LogP contribution in [0.3, 0.4) is 0 Å². The molecule has 0 radical (unpaired) electrons. The monoisotopic (exact) mass is 343 g/mol. The first-order chi connectivity index (χ1) is 11.2. The van der Waals surface area contributed by atoms with Gasteiger partial charge in [-0.3, -0.25) is 4.79 Å². The summed E-state index contributed by atoms with van der Waals surface area (Å²) >= 11 is 6.25. The fourth-order valence-electron chi connectivity index (χ4n) is 2.08. The third-order valence-corrected chi connectivity index (χ3v) is 4.30. The van der Waals surface area contributed by atoms with Crippen LogP contribution in [0.5, 0.6) is 17.2 Å². The fourth-order valence-corrected chi connectivity index (χ4v) is 3.11. The normalized spacial score (nSPS) is 15.6. The molecular weight excluding hydrogens is 330 g/mol. The van der Waals surface area contributed by atoms with Crippen LogP contribution in [0.2, 0.25) is 0 Å². The topological polar surface area (TPSA) is 47.6 Å². The predicted molar refractivity (Wildman–Crippen MR) is 95.8 cm³/mol. The van der Waals surface area contributed by atoms with Gasteiger partial charge in [-0.1, -0.05) is 54.3 Å². The first-order valence-corrected chi connectivity index (χ1v) is 8.04. The summed E-state index contributed by atoms with van der Waals surface area (Å²) in [6, 6.07) is 14.9. The zero-order chi connectivity index (χ0) is 16.2. The zero-order valence-corrected chi connectivity index (χ0v) is 13.9. The Morgan fingerprint density at radius 3 is 2.35 bits per heavy atom. The average molecular weight is 343 g/mol. The molecule has 0 unspecified atom stereocenters. The van der Waals surface area contributed by atoms with E-state index in [-0.39, 0.29) is 5.91 Å². The first-order valence-electron chi connectivity index (χ1n) is 6.82. The van der Waals surface area contributed by atoms with Gasteiger partial charge in [-0.2, -0.15) is 0 Å². The average Bonchev–Trinajstić information content (AvgIpc) is 2.87. The Balaban J connectivity index is 1.94. The number of hydrogen-bond acceptors (Lipinski definition) is 5. The lowest BCUT2D eigenvalue weighted by Gasteiger charge is -2.12. The van der Waals surface area contributed by atoms with Crippen molar-refractivity contribution in [3.8, 4) is 17.2 Å². The van der Waals surface area contributed by atoms with Gasteiger partial charge in [-0.05, 0) is 24.3 Å². The summed E-state index contributed by atoms with van der Waals surface area (Å²) in [5, 5.41) is 2.60. The highest BCUT2D eigenvalue weighted by molar-refractivity contribution is 8.26. The van der Waals surface area contributed by atoms with E-state index in [2.05, 4.69) is 5.32 Å². The van der Waals surface area contributed by atoms with Crippen molar-refractivity contribution in [3.05, 3.63) is 59.0 Å². The lowest BCUT2D eigenvalue weighted by atomic mass is 10.2. The molecule has 2 aromatic carbocycles. The van der Waals surface area contributed by atoms with Crippen LogP contribution >= 0.6 is 24.0 Å². The van der Waals surface area contributed by atoms with Crippen molar-refractivity contribution in [2.45, 2.75) is 0 Å². The summed E-state index contributed by atoms with van der Waals surface area (Å²) in [7, 11) is 1.59. The Hall–Kier alpha value is -2.31. The number of para-hydroxylation sites is 3. The van der Waals surface area contributed by atoms with Gasteiger partial charge in [0.25, 0.3) is 5.91 Å². The molecule has 1 aliphatic rings. The van der Waals surface area contributed by atoms with E-state index in [9.17, 15) is 4.79 Å². The van der Waals surface area contributed by atoms with E-state index >= 15 is 0 Å². The molecule has 1 amide bonds. The number of amides is 1. The number of rotatable bonds is 4. The van der Waals surface area contributed by atoms with Gasteiger partial charge < -0.3 is 14.8 Å². The summed E-state index contributed by atoms with van der Waals surface area (Å²) in [4.78, 5) is 12.4. The lowest BCUT2D eigenvalue weighted by molar-refractivity contribution is -0.115. The second-order valence-electron chi connectivity index (χ2n) is 4.64. The molecule has 1 saturated heterocycles. The van der Waals surface area contributed by atoms with Crippen LogP contribution in [0.4, 0.5) is 0 Å². The Bertz CT molecular complexity index is 802. The molecule has 116 valence electrons. The summed E-state index contributed by atoms with van der Waals surface area (Å²) in [6.45, 7) is 0. The van der Waals surface area contributed by atoms with Gasteiger partial charge in [-0.15, -0.1) is 0 Å². The molecule has 4 nitrogen and oxygen atoms in total. The lowest BCUT2D eigenvalue weighted by Crippen LogP contribution is -2.17. The standard InChI is InChI=1S/C17H13NO3S2/c1-20-13-8-4-5-9-14(13)21-12-7-3-2-6-11(12)10-15-16(19)18-17(22)23-15/h2-10H,1H3,(H,18,19,22)/b15-10-. The van der Waals surface area contributed by atoms with E-state index < -0.39 is 0 Å². The van der Waals surface area contributed by atoms with Crippen LogP contribution in [0.25, 0.3) is 6.08 Å². The molecule has 1 heterocycles. The molecule has 1 aliphatic heterocycles. The number of methoxy groups -OCH3 is 1. The van der Waals surface area contributed by atoms with Crippen molar-refractivity contribution >= 4 is 40.3 Å². The van der Waals surface area contributed by atoms with Gasteiger partial charge in [0, 0.05) is 5.56 Å². The highest BCUT2D eigenvalue weighted by atomic mass is 32.2. The first kappa shape index (κ1) is 15.6. The number of hydrogen-bond donors (Lipinski definition) is 1. The highest BCUT2D eigenvalue weighted by Gasteiger charge is 2.22. The highest BCUT2D eigenvalue weighted by Crippen LogP contribution is 2.35. The predicted octanol–water partition coefficient (Wildman–Crippen LogP) is 3.98. The number of carbonyl (C=O) groups excluding carboxylic acids is 1. The van der Waals surface area contributed by atoms with Crippen molar-refractivity contribution in [1.29, 1.82) is 0 Å². The third-order valence-electron chi connectivity index (χ3n) is 3.14. The largest absolute Gasteiger partial charge is 0.493 e. The van der Waals surface area contributed by atoms with Crippen LogP contribution in [0.15, 0.2) is 53.4 Å². The molecule has 6 heteroatoms. The minimum atomic E-state index is -0.188. The molecule has 3 rings (SSSR count). The Labute approximate surface area is 143 Å². The van der Waals surface area contributed by atoms with Crippen LogP contribution in [0.1, 0.15) is 5.56 Å². The molecule has 0 aliphatic carbocycles. The van der Waals surface area contributed by atoms with Gasteiger partial charge in [0.15, 0.2) is 11.5 Å². The van der Waals surface area contributed by atoms with Crippen LogP contribution < -0.4 is 14.8 Å². The van der Waals surface area contributed by atoms with Gasteiger partial charge in [-0.25, -0.2) is 0 Å². The SMILES string of the molecule is COc1ccccc1Oc1ccccc1/C=C1\SC(=S)NC1=O. The van der Waals surface area contributed by atoms with E-state index in [1.165, 1.54) is 11.8 Å². The van der Waals surface area contributed by atoms with E-state index in [4.69, 9.17) is 21.7 Å². The van der Waals surface area contributed by atoms with Gasteiger partial charge in [0.1, 0.15) is 10.1 Å². The summed E-state index contributed by atoms with van der Waals surface area (Å²) in [5.74, 6) is 1.70. The van der Waals surface area contributed by atoms with E-state index in [0.717, 1.165) is 5.56 Å². The van der Waals surface area contributed by atoms with E-state index in [0.29, 0.717) is 26.5 Å². The fraction of sp³-hybridized carbons (Fsp3) is 0.0588. The Kier molecular flexibility index (Phi) is 4.64. The minimum Gasteiger partial charge on any atom is -0.493 e. The van der Waals surface area contributed by atoms with Crippen LogP contribution in [-0.2, 0) is 4.79 Å². The number of benzene rings is 2. The van der Waals surface area contributed by atoms with Crippen LogP contribution in [0, 0.1) is 0 Å². The number of nitrogens with one attached hydrogen (secondary N) is 1. The van der Waals surface area contributed by atoms with Crippen molar-refractivity contribution in [3.63, 3.8) is 0 Å². The van der Waals surface area contributed by atoms with E-state index in [1.807, 2.05) is 48.5 Å². The smallest absolute Gasteiger partial charge is 0.263 e. The van der Waals surface area contributed by atoms with Gasteiger partial charge >= 0.3 is 0 Å². The van der Waals surface area contributed by atoms with E-state index in [1.54, 1.807) is 13.2 Å². The summed E-state index contributed by atoms with van der Waals surface area (Å²) < 4.78 is 11.7. The molecule has 0 saturated carbocycles.